The van der Waals surface area contributed by atoms with Gasteiger partial charge in [-0.25, -0.2) is 0 Å². The van der Waals surface area contributed by atoms with Gasteiger partial charge in [0.2, 0.25) is 17.7 Å². The highest BCUT2D eigenvalue weighted by Gasteiger charge is 2.31. The maximum absolute atomic E-state index is 11.8. The highest BCUT2D eigenvalue weighted by atomic mass is 16.2. The first kappa shape index (κ1) is 14.0. The van der Waals surface area contributed by atoms with Crippen molar-refractivity contribution in [3.63, 3.8) is 0 Å². The Morgan fingerprint density at radius 1 is 1.20 bits per heavy atom. The van der Waals surface area contributed by atoms with Crippen molar-refractivity contribution in [1.29, 1.82) is 0 Å². The number of rotatable bonds is 5. The van der Waals surface area contributed by atoms with E-state index in [0.29, 0.717) is 13.1 Å². The van der Waals surface area contributed by atoms with Gasteiger partial charge in [0.05, 0.1) is 5.92 Å². The minimum absolute atomic E-state index is 0.114. The molecule has 6 nitrogen and oxygen atoms in total. The average Bonchev–Trinajstić information content (AvgIpc) is 2.71. The fourth-order valence-electron chi connectivity index (χ4n) is 2.18. The number of nitrogens with one attached hydrogen (secondary N) is 3. The molecule has 1 aromatic rings. The monoisotopic (exact) mass is 275 g/mol. The summed E-state index contributed by atoms with van der Waals surface area (Å²) in [7, 11) is 0. The molecule has 3 amide bonds. The number of fused-ring (bicyclic) bond motifs is 1. The van der Waals surface area contributed by atoms with Gasteiger partial charge in [-0.2, -0.15) is 0 Å². The normalized spacial score (nSPS) is 16.2. The molecule has 0 saturated carbocycles. The molecule has 1 aliphatic heterocycles. The zero-order valence-electron chi connectivity index (χ0n) is 11.2. The lowest BCUT2D eigenvalue weighted by atomic mass is 9.97. The number of amides is 3. The van der Waals surface area contributed by atoms with Crippen LogP contribution in [0.2, 0.25) is 0 Å². The van der Waals surface area contributed by atoms with Gasteiger partial charge in [0.25, 0.3) is 0 Å². The van der Waals surface area contributed by atoms with E-state index in [-0.39, 0.29) is 24.1 Å². The number of anilines is 1. The quantitative estimate of drug-likeness (QED) is 0.678. The first-order chi connectivity index (χ1) is 9.58. The smallest absolute Gasteiger partial charge is 0.232 e. The molecule has 1 aromatic carbocycles. The zero-order chi connectivity index (χ0) is 14.5. The standard InChI is InChI=1S/C14H17N3O3/c1-9(18)15-6-7-16-13(19)8-11-10-4-2-3-5-12(10)17-14(11)20/h2-5,11H,6-8H2,1H3,(H,15,18)(H,16,19)(H,17,20). The van der Waals surface area contributed by atoms with E-state index in [1.165, 1.54) is 6.92 Å². The molecule has 0 aliphatic carbocycles. The minimum atomic E-state index is -0.438. The molecule has 0 spiro atoms. The van der Waals surface area contributed by atoms with E-state index in [4.69, 9.17) is 0 Å². The second kappa shape index (κ2) is 6.18. The highest BCUT2D eigenvalue weighted by Crippen LogP contribution is 2.34. The van der Waals surface area contributed by atoms with Gasteiger partial charge >= 0.3 is 0 Å². The number of hydrogen-bond donors (Lipinski definition) is 3. The molecule has 1 atom stereocenters. The fraction of sp³-hybridized carbons (Fsp3) is 0.357. The largest absolute Gasteiger partial charge is 0.355 e. The lowest BCUT2D eigenvalue weighted by molar-refractivity contribution is -0.125. The SMILES string of the molecule is CC(=O)NCCNC(=O)CC1C(=O)Nc2ccccc21. The second-order valence-corrected chi connectivity index (χ2v) is 4.67. The summed E-state index contributed by atoms with van der Waals surface area (Å²) in [4.78, 5) is 34.3. The number of carbonyl (C=O) groups is 3. The van der Waals surface area contributed by atoms with Gasteiger partial charge in [-0.15, -0.1) is 0 Å². The summed E-state index contributed by atoms with van der Waals surface area (Å²) in [6.07, 6.45) is 0.114. The molecule has 0 saturated heterocycles. The van der Waals surface area contributed by atoms with E-state index >= 15 is 0 Å². The van der Waals surface area contributed by atoms with Crippen LogP contribution in [0.25, 0.3) is 0 Å². The Morgan fingerprint density at radius 3 is 2.65 bits per heavy atom. The topological polar surface area (TPSA) is 87.3 Å². The molecule has 3 N–H and O–H groups in total. The molecule has 2 rings (SSSR count). The van der Waals surface area contributed by atoms with Crippen LogP contribution in [0.1, 0.15) is 24.8 Å². The van der Waals surface area contributed by atoms with Crippen molar-refractivity contribution in [3.05, 3.63) is 29.8 Å². The van der Waals surface area contributed by atoms with Crippen LogP contribution in [0.15, 0.2) is 24.3 Å². The predicted molar refractivity (Wildman–Crippen MR) is 74.1 cm³/mol. The van der Waals surface area contributed by atoms with Crippen molar-refractivity contribution < 1.29 is 14.4 Å². The van der Waals surface area contributed by atoms with Gasteiger partial charge in [0, 0.05) is 32.1 Å². The van der Waals surface area contributed by atoms with Gasteiger partial charge in [0.1, 0.15) is 0 Å². The van der Waals surface area contributed by atoms with Crippen molar-refractivity contribution in [2.24, 2.45) is 0 Å². The van der Waals surface area contributed by atoms with E-state index in [1.54, 1.807) is 0 Å². The third kappa shape index (κ3) is 3.34. The number of benzene rings is 1. The van der Waals surface area contributed by atoms with Gasteiger partial charge in [-0.05, 0) is 11.6 Å². The van der Waals surface area contributed by atoms with E-state index in [0.717, 1.165) is 11.3 Å². The third-order valence-electron chi connectivity index (χ3n) is 3.12. The molecule has 20 heavy (non-hydrogen) atoms. The number of carbonyl (C=O) groups excluding carboxylic acids is 3. The van der Waals surface area contributed by atoms with Crippen LogP contribution >= 0.6 is 0 Å². The number of hydrogen-bond acceptors (Lipinski definition) is 3. The first-order valence-corrected chi connectivity index (χ1v) is 6.49. The van der Waals surface area contributed by atoms with Gasteiger partial charge in [-0.1, -0.05) is 18.2 Å². The van der Waals surface area contributed by atoms with Crippen molar-refractivity contribution in [1.82, 2.24) is 10.6 Å². The summed E-state index contributed by atoms with van der Waals surface area (Å²) in [5.41, 5.74) is 1.63. The third-order valence-corrected chi connectivity index (χ3v) is 3.12. The molecule has 0 fully saturated rings. The van der Waals surface area contributed by atoms with Gasteiger partial charge < -0.3 is 16.0 Å². The van der Waals surface area contributed by atoms with E-state index in [9.17, 15) is 14.4 Å². The second-order valence-electron chi connectivity index (χ2n) is 4.67. The summed E-state index contributed by atoms with van der Waals surface area (Å²) in [6, 6.07) is 7.36. The minimum Gasteiger partial charge on any atom is -0.355 e. The average molecular weight is 275 g/mol. The Hall–Kier alpha value is -2.37. The Bertz CT molecular complexity index is 542. The Balaban J connectivity index is 1.85. The molecule has 0 bridgehead atoms. The molecule has 106 valence electrons. The highest BCUT2D eigenvalue weighted by molar-refractivity contribution is 6.04. The molecule has 1 aliphatic rings. The predicted octanol–water partition coefficient (Wildman–Crippen LogP) is 0.365. The van der Waals surface area contributed by atoms with Crippen LogP contribution in [0, 0.1) is 0 Å². The van der Waals surface area contributed by atoms with Crippen LogP contribution in [-0.4, -0.2) is 30.8 Å². The van der Waals surface area contributed by atoms with Crippen molar-refractivity contribution >= 4 is 23.4 Å². The Morgan fingerprint density at radius 2 is 1.90 bits per heavy atom. The molecule has 1 heterocycles. The van der Waals surface area contributed by atoms with Crippen LogP contribution < -0.4 is 16.0 Å². The molecular formula is C14H17N3O3. The van der Waals surface area contributed by atoms with Crippen molar-refractivity contribution in [2.75, 3.05) is 18.4 Å². The summed E-state index contributed by atoms with van der Waals surface area (Å²) >= 11 is 0. The van der Waals surface area contributed by atoms with Crippen LogP contribution in [0.3, 0.4) is 0 Å². The molecule has 6 heteroatoms. The van der Waals surface area contributed by atoms with E-state index < -0.39 is 5.92 Å². The summed E-state index contributed by atoms with van der Waals surface area (Å²) in [6.45, 7) is 2.16. The van der Waals surface area contributed by atoms with Crippen LogP contribution in [-0.2, 0) is 14.4 Å². The van der Waals surface area contributed by atoms with Crippen LogP contribution in [0.5, 0.6) is 0 Å². The maximum atomic E-state index is 11.8. The number of para-hydroxylation sites is 1. The fourth-order valence-corrected chi connectivity index (χ4v) is 2.18. The van der Waals surface area contributed by atoms with Crippen molar-refractivity contribution in [2.45, 2.75) is 19.3 Å². The van der Waals surface area contributed by atoms with Crippen molar-refractivity contribution in [3.8, 4) is 0 Å². The summed E-state index contributed by atoms with van der Waals surface area (Å²) in [5.74, 6) is -0.925. The van der Waals surface area contributed by atoms with E-state index in [1.807, 2.05) is 24.3 Å². The molecule has 0 radical (unpaired) electrons. The summed E-state index contributed by atoms with van der Waals surface area (Å²) < 4.78 is 0. The molecular weight excluding hydrogens is 258 g/mol. The van der Waals surface area contributed by atoms with Crippen LogP contribution in [0.4, 0.5) is 5.69 Å². The Kier molecular flexibility index (Phi) is 4.34. The van der Waals surface area contributed by atoms with Gasteiger partial charge in [-0.3, -0.25) is 14.4 Å². The summed E-state index contributed by atoms with van der Waals surface area (Å²) in [5, 5.41) is 8.03. The van der Waals surface area contributed by atoms with Gasteiger partial charge in [0.15, 0.2) is 0 Å². The molecule has 0 aromatic heterocycles. The zero-order valence-corrected chi connectivity index (χ0v) is 11.2. The maximum Gasteiger partial charge on any atom is 0.232 e. The lowest BCUT2D eigenvalue weighted by Gasteiger charge is -2.09. The lowest BCUT2D eigenvalue weighted by Crippen LogP contribution is -2.34. The van der Waals surface area contributed by atoms with E-state index in [2.05, 4.69) is 16.0 Å². The first-order valence-electron chi connectivity index (χ1n) is 6.49. The molecule has 1 unspecified atom stereocenters. The Labute approximate surface area is 116 Å².